The average Bonchev–Trinajstić information content (AvgIpc) is 3.07. The molecule has 0 aromatic carbocycles. The topological polar surface area (TPSA) is 77.7 Å². The van der Waals surface area contributed by atoms with Gasteiger partial charge in [0.15, 0.2) is 0 Å². The Labute approximate surface area is 148 Å². The molecule has 2 saturated heterocycles. The Kier molecular flexibility index (Phi) is 5.75. The monoisotopic (exact) mass is 348 g/mol. The van der Waals surface area contributed by atoms with Crippen LogP contribution < -0.4 is 10.9 Å². The molecule has 0 radical (unpaired) electrons. The Morgan fingerprint density at radius 2 is 2.08 bits per heavy atom. The van der Waals surface area contributed by atoms with Gasteiger partial charge in [-0.25, -0.2) is 4.79 Å². The Bertz CT molecular complexity index is 659. The first kappa shape index (κ1) is 17.9. The Balaban J connectivity index is 1.46. The molecule has 138 valence electrons. The van der Waals surface area contributed by atoms with Crippen molar-refractivity contribution >= 4 is 6.03 Å². The van der Waals surface area contributed by atoms with Gasteiger partial charge in [0, 0.05) is 50.6 Å². The molecule has 1 aromatic rings. The van der Waals surface area contributed by atoms with Crippen LogP contribution in [0.4, 0.5) is 4.79 Å². The highest BCUT2D eigenvalue weighted by Crippen LogP contribution is 2.14. The number of amides is 2. The molecule has 7 heteroatoms. The molecule has 0 spiro atoms. The maximum absolute atomic E-state index is 12.4. The first-order chi connectivity index (χ1) is 12.0. The van der Waals surface area contributed by atoms with Crippen molar-refractivity contribution in [2.75, 3.05) is 39.3 Å². The molecular formula is C18H28N4O3. The summed E-state index contributed by atoms with van der Waals surface area (Å²) in [5.74, 6) is 0. The van der Waals surface area contributed by atoms with Gasteiger partial charge in [0.05, 0.1) is 12.6 Å². The van der Waals surface area contributed by atoms with Gasteiger partial charge in [-0.05, 0) is 38.3 Å². The molecule has 25 heavy (non-hydrogen) atoms. The van der Waals surface area contributed by atoms with E-state index in [2.05, 4.69) is 15.2 Å². The van der Waals surface area contributed by atoms with Gasteiger partial charge >= 0.3 is 6.03 Å². The Hall–Kier alpha value is -1.86. The number of urea groups is 1. The van der Waals surface area contributed by atoms with E-state index in [0.29, 0.717) is 24.8 Å². The lowest BCUT2D eigenvalue weighted by Crippen LogP contribution is -2.53. The van der Waals surface area contributed by atoms with Gasteiger partial charge in [0.2, 0.25) is 0 Å². The number of piperazine rings is 1. The van der Waals surface area contributed by atoms with Gasteiger partial charge in [0.25, 0.3) is 5.56 Å². The molecule has 0 unspecified atom stereocenters. The minimum Gasteiger partial charge on any atom is -0.377 e. The molecule has 1 aromatic heterocycles. The van der Waals surface area contributed by atoms with Crippen LogP contribution in [0.3, 0.4) is 0 Å². The number of pyridine rings is 1. The van der Waals surface area contributed by atoms with Crippen molar-refractivity contribution in [2.24, 2.45) is 0 Å². The number of hydrogen-bond acceptors (Lipinski definition) is 4. The molecule has 0 saturated carbocycles. The number of aromatic amines is 1. The van der Waals surface area contributed by atoms with Gasteiger partial charge in [-0.15, -0.1) is 0 Å². The van der Waals surface area contributed by atoms with Crippen LogP contribution in [0.1, 0.15) is 29.7 Å². The summed E-state index contributed by atoms with van der Waals surface area (Å²) in [6, 6.07) is 1.82. The summed E-state index contributed by atoms with van der Waals surface area (Å²) < 4.78 is 5.68. The molecule has 2 fully saturated rings. The third kappa shape index (κ3) is 4.61. The molecule has 7 nitrogen and oxygen atoms in total. The molecule has 2 N–H and O–H groups in total. The number of carbonyl (C=O) groups is 1. The van der Waals surface area contributed by atoms with Crippen LogP contribution in [0.2, 0.25) is 0 Å². The summed E-state index contributed by atoms with van der Waals surface area (Å²) >= 11 is 0. The van der Waals surface area contributed by atoms with Crippen LogP contribution in [0, 0.1) is 13.8 Å². The van der Waals surface area contributed by atoms with Crippen LogP contribution >= 0.6 is 0 Å². The zero-order chi connectivity index (χ0) is 17.8. The third-order valence-electron chi connectivity index (χ3n) is 5.06. The van der Waals surface area contributed by atoms with Gasteiger partial charge < -0.3 is 19.9 Å². The molecule has 2 aliphatic rings. The number of nitrogens with zero attached hydrogens (tertiary/aromatic N) is 2. The Morgan fingerprint density at radius 1 is 1.32 bits per heavy atom. The fourth-order valence-electron chi connectivity index (χ4n) is 3.59. The van der Waals surface area contributed by atoms with E-state index in [1.165, 1.54) is 0 Å². The second-order valence-electron chi connectivity index (χ2n) is 7.02. The summed E-state index contributed by atoms with van der Waals surface area (Å²) in [6.45, 7) is 9.02. The second kappa shape index (κ2) is 8.01. The summed E-state index contributed by atoms with van der Waals surface area (Å²) in [5, 5.41) is 2.88. The van der Waals surface area contributed by atoms with Gasteiger partial charge in [-0.2, -0.15) is 0 Å². The summed E-state index contributed by atoms with van der Waals surface area (Å²) in [4.78, 5) is 31.4. The quantitative estimate of drug-likeness (QED) is 0.851. The third-order valence-corrected chi connectivity index (χ3v) is 5.06. The second-order valence-corrected chi connectivity index (χ2v) is 7.02. The molecule has 3 heterocycles. The zero-order valence-corrected chi connectivity index (χ0v) is 15.1. The van der Waals surface area contributed by atoms with E-state index in [1.54, 1.807) is 0 Å². The fraction of sp³-hybridized carbons (Fsp3) is 0.667. The molecule has 1 atom stereocenters. The highest BCUT2D eigenvalue weighted by molar-refractivity contribution is 5.74. The number of carbonyl (C=O) groups excluding carboxylic acids is 1. The van der Waals surface area contributed by atoms with Crippen molar-refractivity contribution in [1.29, 1.82) is 0 Å². The van der Waals surface area contributed by atoms with E-state index in [-0.39, 0.29) is 18.1 Å². The normalized spacial score (nSPS) is 21.5. The lowest BCUT2D eigenvalue weighted by atomic mass is 10.1. The standard InChI is InChI=1S/C18H28N4O3/c1-13-10-14(2)20-17(23)16(13)11-19-18(24)22-7-5-21(6-8-22)12-15-4-3-9-25-15/h10,15H,3-9,11-12H2,1-2H3,(H,19,24)(H,20,23)/t15-/m0/s1. The summed E-state index contributed by atoms with van der Waals surface area (Å²) in [7, 11) is 0. The predicted octanol–water partition coefficient (Wildman–Crippen LogP) is 0.998. The number of hydrogen-bond donors (Lipinski definition) is 2. The van der Waals surface area contributed by atoms with E-state index in [4.69, 9.17) is 4.74 Å². The molecule has 3 rings (SSSR count). The largest absolute Gasteiger partial charge is 0.377 e. The molecule has 2 aliphatic heterocycles. The fourth-order valence-corrected chi connectivity index (χ4v) is 3.59. The highest BCUT2D eigenvalue weighted by Gasteiger charge is 2.24. The van der Waals surface area contributed by atoms with Crippen molar-refractivity contribution in [3.63, 3.8) is 0 Å². The van der Waals surface area contributed by atoms with Crippen LogP contribution in [-0.4, -0.2) is 66.2 Å². The minimum atomic E-state index is -0.126. The maximum atomic E-state index is 12.4. The number of aromatic nitrogens is 1. The molecule has 0 aliphatic carbocycles. The number of ether oxygens (including phenoxy) is 1. The van der Waals surface area contributed by atoms with Crippen LogP contribution in [-0.2, 0) is 11.3 Å². The minimum absolute atomic E-state index is 0.101. The lowest BCUT2D eigenvalue weighted by molar-refractivity contribution is 0.0561. The van der Waals surface area contributed by atoms with Crippen molar-refractivity contribution in [2.45, 2.75) is 39.3 Å². The van der Waals surface area contributed by atoms with Crippen molar-refractivity contribution in [3.8, 4) is 0 Å². The average molecular weight is 348 g/mol. The SMILES string of the molecule is Cc1cc(C)c(CNC(=O)N2CCN(C[C@@H]3CCCO3)CC2)c(=O)[nH]1. The highest BCUT2D eigenvalue weighted by atomic mass is 16.5. The lowest BCUT2D eigenvalue weighted by Gasteiger charge is -2.35. The van der Waals surface area contributed by atoms with Crippen molar-refractivity contribution in [1.82, 2.24) is 20.1 Å². The molecule has 0 bridgehead atoms. The maximum Gasteiger partial charge on any atom is 0.317 e. The van der Waals surface area contributed by atoms with E-state index in [1.807, 2.05) is 24.8 Å². The van der Waals surface area contributed by atoms with Crippen LogP contribution in [0.15, 0.2) is 10.9 Å². The van der Waals surface area contributed by atoms with Gasteiger partial charge in [0.1, 0.15) is 0 Å². The Morgan fingerprint density at radius 3 is 2.72 bits per heavy atom. The van der Waals surface area contributed by atoms with E-state index in [9.17, 15) is 9.59 Å². The number of rotatable bonds is 4. The zero-order valence-electron chi connectivity index (χ0n) is 15.1. The van der Waals surface area contributed by atoms with Gasteiger partial charge in [-0.3, -0.25) is 9.69 Å². The molecule has 2 amide bonds. The first-order valence-electron chi connectivity index (χ1n) is 9.09. The smallest absolute Gasteiger partial charge is 0.317 e. The number of aryl methyl sites for hydroxylation is 2. The predicted molar refractivity (Wildman–Crippen MR) is 95.8 cm³/mol. The summed E-state index contributed by atoms with van der Waals surface area (Å²) in [5.41, 5.74) is 2.23. The number of nitrogens with one attached hydrogen (secondary N) is 2. The van der Waals surface area contributed by atoms with Crippen molar-refractivity contribution < 1.29 is 9.53 Å². The van der Waals surface area contributed by atoms with Gasteiger partial charge in [-0.1, -0.05) is 0 Å². The van der Waals surface area contributed by atoms with Crippen LogP contribution in [0.5, 0.6) is 0 Å². The summed E-state index contributed by atoms with van der Waals surface area (Å²) in [6.07, 6.45) is 2.66. The number of H-pyrrole nitrogens is 1. The van der Waals surface area contributed by atoms with E-state index in [0.717, 1.165) is 50.3 Å². The van der Waals surface area contributed by atoms with Crippen LogP contribution in [0.25, 0.3) is 0 Å². The van der Waals surface area contributed by atoms with Crippen molar-refractivity contribution in [3.05, 3.63) is 33.2 Å². The molecular weight excluding hydrogens is 320 g/mol. The van der Waals surface area contributed by atoms with E-state index < -0.39 is 0 Å². The van der Waals surface area contributed by atoms with E-state index >= 15 is 0 Å². The first-order valence-corrected chi connectivity index (χ1v) is 9.09.